The second-order valence-electron chi connectivity index (χ2n) is 11.7. The molecular weight excluding hydrogens is 408 g/mol. The molecule has 4 rings (SSSR count). The number of carbonyl (C=O) groups excluding carboxylic acids is 2. The van der Waals surface area contributed by atoms with Crippen molar-refractivity contribution < 1.29 is 19.1 Å². The fourth-order valence-electron chi connectivity index (χ4n) is 4.87. The Labute approximate surface area is 193 Å². The van der Waals surface area contributed by atoms with Crippen molar-refractivity contribution in [2.75, 3.05) is 26.2 Å². The van der Waals surface area contributed by atoms with Gasteiger partial charge in [-0.1, -0.05) is 0 Å². The first-order chi connectivity index (χ1) is 14.9. The van der Waals surface area contributed by atoms with Crippen LogP contribution in [0.15, 0.2) is 0 Å². The van der Waals surface area contributed by atoms with Crippen molar-refractivity contribution >= 4 is 12.2 Å². The largest absolute Gasteiger partial charge is 0.444 e. The van der Waals surface area contributed by atoms with Crippen LogP contribution < -0.4 is 10.6 Å². The van der Waals surface area contributed by atoms with E-state index in [0.29, 0.717) is 24.2 Å². The predicted octanol–water partition coefficient (Wildman–Crippen LogP) is 3.50. The number of fused-ring (bicyclic) bond motifs is 4. The van der Waals surface area contributed by atoms with Gasteiger partial charge in [0.05, 0.1) is 0 Å². The van der Waals surface area contributed by atoms with Crippen LogP contribution >= 0.6 is 0 Å². The quantitative estimate of drug-likeness (QED) is 0.585. The molecule has 32 heavy (non-hydrogen) atoms. The Morgan fingerprint density at radius 2 is 0.969 bits per heavy atom. The molecule has 4 heterocycles. The number of hydrogen-bond donors (Lipinski definition) is 2. The Balaban J connectivity index is 0.000000181. The minimum Gasteiger partial charge on any atom is -0.444 e. The lowest BCUT2D eigenvalue weighted by Crippen LogP contribution is -2.41. The van der Waals surface area contributed by atoms with E-state index < -0.39 is 11.2 Å². The van der Waals surface area contributed by atoms with E-state index in [1.807, 2.05) is 51.3 Å². The summed E-state index contributed by atoms with van der Waals surface area (Å²) in [7, 11) is 0. The highest BCUT2D eigenvalue weighted by atomic mass is 16.6. The van der Waals surface area contributed by atoms with Crippen molar-refractivity contribution in [3.63, 3.8) is 0 Å². The van der Waals surface area contributed by atoms with E-state index in [9.17, 15) is 9.59 Å². The van der Waals surface area contributed by atoms with Gasteiger partial charge in [-0.05, 0) is 80.1 Å². The fraction of sp³-hybridized carbons (Fsp3) is 0.917. The molecule has 4 atom stereocenters. The SMILES string of the molecule is CC(C)(C)OC(=O)N1CC[C@@H]2CC[C@H](C1)N2.CC(C)(C)OC(=O)N1CC[C@H]2CC[C@@H](C1)N2. The van der Waals surface area contributed by atoms with Crippen molar-refractivity contribution in [1.29, 1.82) is 0 Å². The lowest BCUT2D eigenvalue weighted by atomic mass is 10.1. The normalized spacial score (nSPS) is 30.1. The number of carbonyl (C=O) groups is 2. The molecule has 0 saturated carbocycles. The molecule has 0 aromatic rings. The van der Waals surface area contributed by atoms with Crippen LogP contribution in [0.4, 0.5) is 9.59 Å². The number of nitrogens with zero attached hydrogens (tertiary/aromatic N) is 2. The number of likely N-dealkylation sites (tertiary alicyclic amines) is 2. The Morgan fingerprint density at radius 1 is 0.625 bits per heavy atom. The predicted molar refractivity (Wildman–Crippen MR) is 125 cm³/mol. The number of hydrogen-bond acceptors (Lipinski definition) is 6. The Bertz CT molecular complexity index is 601. The molecule has 0 aliphatic carbocycles. The van der Waals surface area contributed by atoms with Gasteiger partial charge in [-0.25, -0.2) is 9.59 Å². The van der Waals surface area contributed by atoms with Crippen molar-refractivity contribution in [3.05, 3.63) is 0 Å². The lowest BCUT2D eigenvalue weighted by Gasteiger charge is -2.28. The molecular formula is C24H44N4O4. The molecule has 184 valence electrons. The Morgan fingerprint density at radius 3 is 1.31 bits per heavy atom. The zero-order valence-corrected chi connectivity index (χ0v) is 20.9. The van der Waals surface area contributed by atoms with Crippen LogP contribution in [0.25, 0.3) is 0 Å². The zero-order chi connectivity index (χ0) is 23.5. The molecule has 0 radical (unpaired) electrons. The minimum absolute atomic E-state index is 0.165. The van der Waals surface area contributed by atoms with E-state index in [4.69, 9.17) is 9.47 Å². The van der Waals surface area contributed by atoms with Crippen LogP contribution in [-0.2, 0) is 9.47 Å². The van der Waals surface area contributed by atoms with Crippen LogP contribution in [0.3, 0.4) is 0 Å². The van der Waals surface area contributed by atoms with Crippen molar-refractivity contribution in [3.8, 4) is 0 Å². The highest BCUT2D eigenvalue weighted by Crippen LogP contribution is 2.23. The topological polar surface area (TPSA) is 83.1 Å². The van der Waals surface area contributed by atoms with E-state index in [0.717, 1.165) is 39.0 Å². The minimum atomic E-state index is -0.393. The van der Waals surface area contributed by atoms with Crippen molar-refractivity contribution in [2.24, 2.45) is 0 Å². The van der Waals surface area contributed by atoms with Crippen LogP contribution in [0, 0.1) is 0 Å². The molecule has 8 nitrogen and oxygen atoms in total. The molecule has 4 bridgehead atoms. The summed E-state index contributed by atoms with van der Waals surface area (Å²) >= 11 is 0. The maximum atomic E-state index is 11.9. The van der Waals surface area contributed by atoms with Gasteiger partial charge in [-0.3, -0.25) is 0 Å². The summed E-state index contributed by atoms with van der Waals surface area (Å²) in [5, 5.41) is 7.10. The average molecular weight is 453 g/mol. The first kappa shape index (κ1) is 25.1. The molecule has 0 aromatic carbocycles. The fourth-order valence-corrected chi connectivity index (χ4v) is 4.87. The molecule has 4 saturated heterocycles. The molecule has 0 aromatic heterocycles. The van der Waals surface area contributed by atoms with Gasteiger partial charge in [-0.2, -0.15) is 0 Å². The van der Waals surface area contributed by atoms with Crippen molar-refractivity contribution in [2.45, 2.75) is 115 Å². The van der Waals surface area contributed by atoms with Gasteiger partial charge in [0.2, 0.25) is 0 Å². The third kappa shape index (κ3) is 7.80. The summed E-state index contributed by atoms with van der Waals surface area (Å²) in [5.74, 6) is 0. The monoisotopic (exact) mass is 452 g/mol. The van der Waals surface area contributed by atoms with Gasteiger partial charge in [-0.15, -0.1) is 0 Å². The summed E-state index contributed by atoms with van der Waals surface area (Å²) in [6.07, 6.45) is 6.66. The summed E-state index contributed by atoms with van der Waals surface area (Å²) in [4.78, 5) is 27.5. The number of nitrogens with one attached hydrogen (secondary N) is 2. The standard InChI is InChI=1S/2C12H22N2O2/c2*1-12(2,3)16-11(15)14-7-6-9-4-5-10(8-14)13-9/h2*9-10,13H,4-8H2,1-3H3/t2*9-,10+/m10/s1. The first-order valence-corrected chi connectivity index (χ1v) is 12.4. The van der Waals surface area contributed by atoms with E-state index in [1.165, 1.54) is 25.7 Å². The van der Waals surface area contributed by atoms with Gasteiger partial charge < -0.3 is 29.9 Å². The van der Waals surface area contributed by atoms with E-state index in [2.05, 4.69) is 10.6 Å². The average Bonchev–Trinajstić information content (AvgIpc) is 3.13. The molecule has 4 aliphatic rings. The molecule has 8 heteroatoms. The molecule has 0 spiro atoms. The molecule has 0 unspecified atom stereocenters. The van der Waals surface area contributed by atoms with Crippen LogP contribution in [0.2, 0.25) is 0 Å². The smallest absolute Gasteiger partial charge is 0.410 e. The summed E-state index contributed by atoms with van der Waals surface area (Å²) in [6.45, 7) is 14.7. The zero-order valence-electron chi connectivity index (χ0n) is 20.9. The Hall–Kier alpha value is -1.54. The van der Waals surface area contributed by atoms with Gasteiger partial charge in [0.1, 0.15) is 11.2 Å². The van der Waals surface area contributed by atoms with Crippen molar-refractivity contribution in [1.82, 2.24) is 20.4 Å². The summed E-state index contributed by atoms with van der Waals surface area (Å²) in [5.41, 5.74) is -0.786. The molecule has 2 amide bonds. The maximum Gasteiger partial charge on any atom is 0.410 e. The number of rotatable bonds is 0. The number of ether oxygens (including phenoxy) is 2. The molecule has 2 N–H and O–H groups in total. The lowest BCUT2D eigenvalue weighted by molar-refractivity contribution is 0.0232. The van der Waals surface area contributed by atoms with Crippen LogP contribution in [-0.4, -0.2) is 83.5 Å². The third-order valence-electron chi connectivity index (χ3n) is 6.35. The van der Waals surface area contributed by atoms with Gasteiger partial charge in [0.15, 0.2) is 0 Å². The van der Waals surface area contributed by atoms with E-state index in [-0.39, 0.29) is 12.2 Å². The second-order valence-corrected chi connectivity index (χ2v) is 11.7. The van der Waals surface area contributed by atoms with E-state index >= 15 is 0 Å². The van der Waals surface area contributed by atoms with Crippen LogP contribution in [0.1, 0.15) is 80.1 Å². The summed E-state index contributed by atoms with van der Waals surface area (Å²) in [6, 6.07) is 2.16. The van der Waals surface area contributed by atoms with Gasteiger partial charge >= 0.3 is 12.2 Å². The van der Waals surface area contributed by atoms with E-state index in [1.54, 1.807) is 0 Å². The van der Waals surface area contributed by atoms with Gasteiger partial charge in [0.25, 0.3) is 0 Å². The molecule has 4 fully saturated rings. The highest BCUT2D eigenvalue weighted by Gasteiger charge is 2.34. The second kappa shape index (κ2) is 10.2. The Kier molecular flexibility index (Phi) is 7.97. The highest BCUT2D eigenvalue weighted by molar-refractivity contribution is 5.68. The first-order valence-electron chi connectivity index (χ1n) is 12.4. The summed E-state index contributed by atoms with van der Waals surface area (Å²) < 4.78 is 10.8. The van der Waals surface area contributed by atoms with Gasteiger partial charge in [0, 0.05) is 50.3 Å². The maximum absolute atomic E-state index is 11.9. The number of amides is 2. The molecule has 4 aliphatic heterocycles. The van der Waals surface area contributed by atoms with Crippen LogP contribution in [0.5, 0.6) is 0 Å². The third-order valence-corrected chi connectivity index (χ3v) is 6.35.